The topological polar surface area (TPSA) is 75.7 Å². The number of ether oxygens (including phenoxy) is 1. The van der Waals surface area contributed by atoms with Gasteiger partial charge in [-0.1, -0.05) is 24.9 Å². The van der Waals surface area contributed by atoms with Crippen molar-refractivity contribution in [3.8, 4) is 5.75 Å². The number of carbonyl (C=O) groups excluding carboxylic acids is 1. The van der Waals surface area contributed by atoms with Crippen LogP contribution in [0.1, 0.15) is 39.5 Å². The van der Waals surface area contributed by atoms with Crippen molar-refractivity contribution in [1.29, 1.82) is 0 Å². The van der Waals surface area contributed by atoms with Crippen molar-refractivity contribution in [3.63, 3.8) is 0 Å². The Balaban J connectivity index is 1.99. The molecule has 0 unspecified atom stereocenters. The predicted octanol–water partition coefficient (Wildman–Crippen LogP) is 3.06. The molecular formula is C18H27ClN2O4S. The Morgan fingerprint density at radius 1 is 1.31 bits per heavy atom. The van der Waals surface area contributed by atoms with Gasteiger partial charge in [0.05, 0.1) is 16.5 Å². The molecule has 0 saturated carbocycles. The molecule has 1 N–H and O–H groups in total. The second-order valence-electron chi connectivity index (χ2n) is 6.35. The molecule has 0 spiro atoms. The van der Waals surface area contributed by atoms with Gasteiger partial charge in [-0.2, -0.15) is 4.31 Å². The summed E-state index contributed by atoms with van der Waals surface area (Å²) in [4.78, 5) is 12.3. The van der Waals surface area contributed by atoms with E-state index in [4.69, 9.17) is 16.3 Å². The standard InChI is InChI=1S/C18H27ClN2O4S/c1-3-5-10-20-18(22)14-8-11-21(12-9-14)26(23,24)15-6-7-17(25-4-2)16(19)13-15/h6-7,13-14H,3-5,8-12H2,1-2H3,(H,20,22). The van der Waals surface area contributed by atoms with E-state index in [1.54, 1.807) is 6.07 Å². The first-order valence-corrected chi connectivity index (χ1v) is 10.9. The molecule has 0 aromatic heterocycles. The van der Waals surface area contributed by atoms with E-state index in [0.29, 0.717) is 44.8 Å². The number of nitrogens with one attached hydrogen (secondary N) is 1. The number of amides is 1. The van der Waals surface area contributed by atoms with Crippen LogP contribution in [0.5, 0.6) is 5.75 Å². The molecule has 1 heterocycles. The molecule has 1 aliphatic rings. The molecule has 1 fully saturated rings. The molecule has 146 valence electrons. The molecule has 1 aliphatic heterocycles. The van der Waals surface area contributed by atoms with Crippen LogP contribution < -0.4 is 10.1 Å². The van der Waals surface area contributed by atoms with Gasteiger partial charge in [-0.3, -0.25) is 4.79 Å². The molecule has 8 heteroatoms. The van der Waals surface area contributed by atoms with Crippen molar-refractivity contribution >= 4 is 27.5 Å². The quantitative estimate of drug-likeness (QED) is 0.678. The minimum atomic E-state index is -3.62. The van der Waals surface area contributed by atoms with Crippen LogP contribution in [-0.4, -0.2) is 44.9 Å². The molecule has 1 aromatic rings. The molecule has 1 amide bonds. The van der Waals surface area contributed by atoms with Gasteiger partial charge in [0.1, 0.15) is 5.75 Å². The fraction of sp³-hybridized carbons (Fsp3) is 0.611. The van der Waals surface area contributed by atoms with Gasteiger partial charge in [-0.05, 0) is 44.4 Å². The minimum Gasteiger partial charge on any atom is -0.492 e. The molecule has 1 aromatic carbocycles. The third-order valence-corrected chi connectivity index (χ3v) is 6.69. The Morgan fingerprint density at radius 2 is 2.00 bits per heavy atom. The monoisotopic (exact) mass is 402 g/mol. The number of piperidine rings is 1. The summed E-state index contributed by atoms with van der Waals surface area (Å²) in [6.07, 6.45) is 3.04. The summed E-state index contributed by atoms with van der Waals surface area (Å²) in [5.41, 5.74) is 0. The third kappa shape index (κ3) is 5.11. The van der Waals surface area contributed by atoms with Crippen molar-refractivity contribution in [1.82, 2.24) is 9.62 Å². The Bertz CT molecular complexity index is 716. The first kappa shape index (κ1) is 21.0. The van der Waals surface area contributed by atoms with E-state index >= 15 is 0 Å². The lowest BCUT2D eigenvalue weighted by molar-refractivity contribution is -0.126. The molecule has 26 heavy (non-hydrogen) atoms. The van der Waals surface area contributed by atoms with Crippen molar-refractivity contribution < 1.29 is 17.9 Å². The fourth-order valence-corrected chi connectivity index (χ4v) is 4.75. The average Bonchev–Trinajstić information content (AvgIpc) is 2.63. The number of benzene rings is 1. The number of sulfonamides is 1. The number of unbranched alkanes of at least 4 members (excludes halogenated alkanes) is 1. The normalized spacial score (nSPS) is 16.4. The van der Waals surface area contributed by atoms with Crippen LogP contribution in [-0.2, 0) is 14.8 Å². The number of nitrogens with zero attached hydrogens (tertiary/aromatic N) is 1. The fourth-order valence-electron chi connectivity index (χ4n) is 2.95. The summed E-state index contributed by atoms with van der Waals surface area (Å²) in [7, 11) is -3.62. The van der Waals surface area contributed by atoms with E-state index in [9.17, 15) is 13.2 Å². The first-order valence-electron chi connectivity index (χ1n) is 9.10. The molecule has 6 nitrogen and oxygen atoms in total. The summed E-state index contributed by atoms with van der Waals surface area (Å²) < 4.78 is 32.4. The molecule has 1 saturated heterocycles. The Labute approximate surface area is 160 Å². The lowest BCUT2D eigenvalue weighted by Gasteiger charge is -2.30. The Morgan fingerprint density at radius 3 is 2.58 bits per heavy atom. The highest BCUT2D eigenvalue weighted by molar-refractivity contribution is 7.89. The Kier molecular flexibility index (Phi) is 7.73. The van der Waals surface area contributed by atoms with Crippen LogP contribution >= 0.6 is 11.6 Å². The largest absolute Gasteiger partial charge is 0.492 e. The van der Waals surface area contributed by atoms with Crippen LogP contribution in [0.2, 0.25) is 5.02 Å². The van der Waals surface area contributed by atoms with Crippen molar-refractivity contribution in [2.24, 2.45) is 5.92 Å². The number of hydrogen-bond acceptors (Lipinski definition) is 4. The summed E-state index contributed by atoms with van der Waals surface area (Å²) in [5.74, 6) is 0.373. The van der Waals surface area contributed by atoms with Crippen LogP contribution in [0.3, 0.4) is 0 Å². The summed E-state index contributed by atoms with van der Waals surface area (Å²) in [6.45, 7) is 5.71. The molecule has 0 atom stereocenters. The molecule has 0 bridgehead atoms. The van der Waals surface area contributed by atoms with Crippen molar-refractivity contribution in [2.45, 2.75) is 44.4 Å². The van der Waals surface area contributed by atoms with Gasteiger partial charge in [0.25, 0.3) is 0 Å². The minimum absolute atomic E-state index is 0.0274. The molecule has 0 radical (unpaired) electrons. The van der Waals surface area contributed by atoms with E-state index in [0.717, 1.165) is 12.8 Å². The van der Waals surface area contributed by atoms with Gasteiger partial charge in [0.2, 0.25) is 15.9 Å². The molecule has 2 rings (SSSR count). The smallest absolute Gasteiger partial charge is 0.243 e. The lowest BCUT2D eigenvalue weighted by Crippen LogP contribution is -2.43. The number of hydrogen-bond donors (Lipinski definition) is 1. The highest BCUT2D eigenvalue weighted by atomic mass is 35.5. The van der Waals surface area contributed by atoms with Gasteiger partial charge in [0.15, 0.2) is 0 Å². The zero-order valence-electron chi connectivity index (χ0n) is 15.3. The maximum Gasteiger partial charge on any atom is 0.243 e. The second-order valence-corrected chi connectivity index (χ2v) is 8.69. The van der Waals surface area contributed by atoms with Gasteiger partial charge >= 0.3 is 0 Å². The van der Waals surface area contributed by atoms with Crippen molar-refractivity contribution in [3.05, 3.63) is 23.2 Å². The van der Waals surface area contributed by atoms with Gasteiger partial charge in [0, 0.05) is 25.6 Å². The maximum atomic E-state index is 12.8. The average molecular weight is 403 g/mol. The number of halogens is 1. The van der Waals surface area contributed by atoms with Crippen LogP contribution in [0.25, 0.3) is 0 Å². The van der Waals surface area contributed by atoms with Crippen LogP contribution in [0, 0.1) is 5.92 Å². The lowest BCUT2D eigenvalue weighted by atomic mass is 9.97. The Hall–Kier alpha value is -1.31. The second kappa shape index (κ2) is 9.58. The van der Waals surface area contributed by atoms with E-state index in [1.165, 1.54) is 16.4 Å². The summed E-state index contributed by atoms with van der Waals surface area (Å²) in [5, 5.41) is 3.20. The number of carbonyl (C=O) groups is 1. The first-order chi connectivity index (χ1) is 12.4. The highest BCUT2D eigenvalue weighted by Crippen LogP contribution is 2.30. The highest BCUT2D eigenvalue weighted by Gasteiger charge is 2.32. The van der Waals surface area contributed by atoms with E-state index in [-0.39, 0.29) is 21.7 Å². The molecule has 0 aliphatic carbocycles. The van der Waals surface area contributed by atoms with Gasteiger partial charge < -0.3 is 10.1 Å². The van der Waals surface area contributed by atoms with E-state index < -0.39 is 10.0 Å². The summed E-state index contributed by atoms with van der Waals surface area (Å²) in [6, 6.07) is 4.51. The van der Waals surface area contributed by atoms with Crippen LogP contribution in [0.15, 0.2) is 23.1 Å². The SMILES string of the molecule is CCCCNC(=O)C1CCN(S(=O)(=O)c2ccc(OCC)c(Cl)c2)CC1. The van der Waals surface area contributed by atoms with E-state index in [2.05, 4.69) is 12.2 Å². The zero-order chi connectivity index (χ0) is 19.2. The van der Waals surface area contributed by atoms with Gasteiger partial charge in [-0.15, -0.1) is 0 Å². The van der Waals surface area contributed by atoms with Crippen molar-refractivity contribution in [2.75, 3.05) is 26.2 Å². The molecular weight excluding hydrogens is 376 g/mol. The van der Waals surface area contributed by atoms with Crippen LogP contribution in [0.4, 0.5) is 0 Å². The summed E-state index contributed by atoms with van der Waals surface area (Å²) >= 11 is 6.12. The van der Waals surface area contributed by atoms with Gasteiger partial charge in [-0.25, -0.2) is 8.42 Å². The third-order valence-electron chi connectivity index (χ3n) is 4.50. The zero-order valence-corrected chi connectivity index (χ0v) is 16.9. The van der Waals surface area contributed by atoms with E-state index in [1.807, 2.05) is 6.92 Å². The number of rotatable bonds is 8. The maximum absolute atomic E-state index is 12.8. The predicted molar refractivity (Wildman–Crippen MR) is 102 cm³/mol.